The van der Waals surface area contributed by atoms with Gasteiger partial charge in [-0.3, -0.25) is 0 Å². The molecule has 0 aliphatic heterocycles. The molecule has 0 heterocycles. The minimum absolute atomic E-state index is 0.0233. The lowest BCUT2D eigenvalue weighted by Crippen LogP contribution is -2.63. The number of sulfonamides is 1. The van der Waals surface area contributed by atoms with E-state index in [2.05, 4.69) is 4.72 Å². The van der Waals surface area contributed by atoms with Gasteiger partial charge in [0, 0.05) is 18.7 Å². The molecule has 6 heteroatoms. The SMILES string of the molecule is COC1(CNS(=O)(=O)Cc2ccc(Cl)cc2)C2CC3CC(C2)CC1C3. The first kappa shape index (κ1) is 17.8. The predicted octanol–water partition coefficient (Wildman–Crippen LogP) is 3.60. The van der Waals surface area contributed by atoms with Crippen LogP contribution in [-0.4, -0.2) is 27.7 Å². The van der Waals surface area contributed by atoms with Crippen molar-refractivity contribution in [3.05, 3.63) is 34.9 Å². The fourth-order valence-electron chi connectivity index (χ4n) is 5.75. The summed E-state index contributed by atoms with van der Waals surface area (Å²) in [5, 5.41) is 0.612. The molecule has 5 rings (SSSR count). The summed E-state index contributed by atoms with van der Waals surface area (Å²) < 4.78 is 34.0. The normalized spacial score (nSPS) is 36.7. The highest BCUT2D eigenvalue weighted by atomic mass is 35.5. The molecule has 0 saturated heterocycles. The highest BCUT2D eigenvalue weighted by Gasteiger charge is 2.57. The van der Waals surface area contributed by atoms with Gasteiger partial charge in [-0.1, -0.05) is 23.7 Å². The smallest absolute Gasteiger partial charge is 0.215 e. The number of ether oxygens (including phenoxy) is 1. The Labute approximate surface area is 155 Å². The van der Waals surface area contributed by atoms with E-state index in [1.165, 1.54) is 32.1 Å². The standard InChI is InChI=1S/C19H26ClNO3S/c1-24-19(16-7-14-6-15(9-16)10-17(19)8-14)12-21-25(22,23)11-13-2-4-18(20)5-3-13/h2-5,14-17,21H,6-12H2,1H3. The van der Waals surface area contributed by atoms with Gasteiger partial charge in [-0.2, -0.15) is 0 Å². The van der Waals surface area contributed by atoms with Crippen molar-refractivity contribution < 1.29 is 13.2 Å². The van der Waals surface area contributed by atoms with Crippen molar-refractivity contribution in [1.29, 1.82) is 0 Å². The minimum Gasteiger partial charge on any atom is -0.376 e. The van der Waals surface area contributed by atoms with Crippen LogP contribution in [0.3, 0.4) is 0 Å². The lowest BCUT2D eigenvalue weighted by atomic mass is 9.50. The molecule has 25 heavy (non-hydrogen) atoms. The van der Waals surface area contributed by atoms with Gasteiger partial charge in [0.1, 0.15) is 0 Å². The Hall–Kier alpha value is -0.620. The second-order valence-corrected chi connectivity index (χ2v) is 10.4. The van der Waals surface area contributed by atoms with Crippen molar-refractivity contribution in [2.75, 3.05) is 13.7 Å². The first-order valence-electron chi connectivity index (χ1n) is 9.17. The molecule has 4 aliphatic rings. The lowest BCUT2D eigenvalue weighted by Gasteiger charge is -2.60. The number of nitrogens with one attached hydrogen (secondary N) is 1. The van der Waals surface area contributed by atoms with E-state index in [0.29, 0.717) is 23.4 Å². The summed E-state index contributed by atoms with van der Waals surface area (Å²) in [7, 11) is -1.64. The van der Waals surface area contributed by atoms with Crippen molar-refractivity contribution in [3.63, 3.8) is 0 Å². The fraction of sp³-hybridized carbons (Fsp3) is 0.684. The van der Waals surface area contributed by atoms with Gasteiger partial charge in [-0.15, -0.1) is 0 Å². The molecule has 4 nitrogen and oxygen atoms in total. The van der Waals surface area contributed by atoms with Crippen LogP contribution in [0.25, 0.3) is 0 Å². The van der Waals surface area contributed by atoms with E-state index >= 15 is 0 Å². The van der Waals surface area contributed by atoms with E-state index in [1.54, 1.807) is 31.4 Å². The first-order valence-corrected chi connectivity index (χ1v) is 11.2. The number of hydrogen-bond donors (Lipinski definition) is 1. The van der Waals surface area contributed by atoms with Crippen LogP contribution in [-0.2, 0) is 20.5 Å². The topological polar surface area (TPSA) is 55.4 Å². The number of rotatable bonds is 6. The van der Waals surface area contributed by atoms with Gasteiger partial charge in [0.15, 0.2) is 0 Å². The van der Waals surface area contributed by atoms with Crippen molar-refractivity contribution in [2.45, 2.75) is 43.5 Å². The average molecular weight is 384 g/mol. The number of methoxy groups -OCH3 is 1. The van der Waals surface area contributed by atoms with Crippen LogP contribution in [0.4, 0.5) is 0 Å². The van der Waals surface area contributed by atoms with Crippen molar-refractivity contribution in [1.82, 2.24) is 4.72 Å². The van der Waals surface area contributed by atoms with Gasteiger partial charge in [0.2, 0.25) is 10.0 Å². The monoisotopic (exact) mass is 383 g/mol. The van der Waals surface area contributed by atoms with E-state index in [1.807, 2.05) is 0 Å². The quantitative estimate of drug-likeness (QED) is 0.816. The second-order valence-electron chi connectivity index (χ2n) is 8.17. The molecule has 4 bridgehead atoms. The molecule has 0 spiro atoms. The number of benzene rings is 1. The van der Waals surface area contributed by atoms with Crippen molar-refractivity contribution in [2.24, 2.45) is 23.7 Å². The molecule has 0 amide bonds. The molecule has 0 atom stereocenters. The van der Waals surface area contributed by atoms with Gasteiger partial charge >= 0.3 is 0 Å². The maximum absolute atomic E-state index is 12.6. The third kappa shape index (κ3) is 3.36. The summed E-state index contributed by atoms with van der Waals surface area (Å²) in [5.74, 6) is 2.62. The highest BCUT2D eigenvalue weighted by Crippen LogP contribution is 2.59. The summed E-state index contributed by atoms with van der Waals surface area (Å²) in [6.45, 7) is 0.397. The third-order valence-electron chi connectivity index (χ3n) is 6.74. The first-order chi connectivity index (χ1) is 11.9. The van der Waals surface area contributed by atoms with E-state index in [4.69, 9.17) is 16.3 Å². The van der Waals surface area contributed by atoms with Gasteiger partial charge in [0.25, 0.3) is 0 Å². The zero-order chi connectivity index (χ0) is 17.7. The zero-order valence-corrected chi connectivity index (χ0v) is 16.2. The summed E-state index contributed by atoms with van der Waals surface area (Å²) in [6, 6.07) is 6.97. The van der Waals surface area contributed by atoms with Crippen molar-refractivity contribution >= 4 is 21.6 Å². The van der Waals surface area contributed by atoms with Crippen LogP contribution in [0.15, 0.2) is 24.3 Å². The summed E-state index contributed by atoms with van der Waals surface area (Å²) in [6.07, 6.45) is 6.15. The van der Waals surface area contributed by atoms with E-state index in [9.17, 15) is 8.42 Å². The molecule has 4 aliphatic carbocycles. The Morgan fingerprint density at radius 1 is 1.08 bits per heavy atom. The van der Waals surface area contributed by atoms with Crippen molar-refractivity contribution in [3.8, 4) is 0 Å². The summed E-state index contributed by atoms with van der Waals surface area (Å²) in [5.41, 5.74) is 0.425. The van der Waals surface area contributed by atoms with Crippen LogP contribution in [0, 0.1) is 23.7 Å². The molecule has 1 aromatic carbocycles. The maximum atomic E-state index is 12.6. The van der Waals surface area contributed by atoms with Gasteiger partial charge < -0.3 is 4.74 Å². The Kier molecular flexibility index (Phi) is 4.64. The Balaban J connectivity index is 1.46. The van der Waals surface area contributed by atoms with Crippen LogP contribution in [0.5, 0.6) is 0 Å². The molecule has 138 valence electrons. The molecule has 0 radical (unpaired) electrons. The number of halogens is 1. The number of hydrogen-bond acceptors (Lipinski definition) is 3. The zero-order valence-electron chi connectivity index (χ0n) is 14.6. The minimum atomic E-state index is -3.40. The molecule has 4 fully saturated rings. The predicted molar refractivity (Wildman–Crippen MR) is 98.9 cm³/mol. The van der Waals surface area contributed by atoms with Crippen LogP contribution >= 0.6 is 11.6 Å². The summed E-state index contributed by atoms with van der Waals surface area (Å²) in [4.78, 5) is 0. The van der Waals surface area contributed by atoms with E-state index in [-0.39, 0.29) is 11.4 Å². The fourth-order valence-corrected chi connectivity index (χ4v) is 7.05. The summed E-state index contributed by atoms with van der Waals surface area (Å²) >= 11 is 5.87. The maximum Gasteiger partial charge on any atom is 0.215 e. The van der Waals surface area contributed by atoms with Gasteiger partial charge in [0.05, 0.1) is 11.4 Å². The Morgan fingerprint density at radius 2 is 1.64 bits per heavy atom. The van der Waals surface area contributed by atoms with Crippen LogP contribution in [0.2, 0.25) is 5.02 Å². The Morgan fingerprint density at radius 3 is 2.16 bits per heavy atom. The molecule has 0 aromatic heterocycles. The highest BCUT2D eigenvalue weighted by molar-refractivity contribution is 7.88. The molecular weight excluding hydrogens is 358 g/mol. The van der Waals surface area contributed by atoms with Crippen LogP contribution in [0.1, 0.15) is 37.7 Å². The second kappa shape index (κ2) is 6.52. The largest absolute Gasteiger partial charge is 0.376 e. The Bertz CT molecular complexity index is 704. The molecular formula is C19H26ClNO3S. The van der Waals surface area contributed by atoms with E-state index in [0.717, 1.165) is 17.4 Å². The molecule has 0 unspecified atom stereocenters. The van der Waals surface area contributed by atoms with Crippen LogP contribution < -0.4 is 4.72 Å². The van der Waals surface area contributed by atoms with E-state index < -0.39 is 10.0 Å². The average Bonchev–Trinajstić information content (AvgIpc) is 2.56. The molecule has 1 aromatic rings. The van der Waals surface area contributed by atoms with Gasteiger partial charge in [-0.05, 0) is 73.5 Å². The third-order valence-corrected chi connectivity index (χ3v) is 8.29. The molecule has 4 saturated carbocycles. The lowest BCUT2D eigenvalue weighted by molar-refractivity contribution is -0.185. The molecule has 1 N–H and O–H groups in total. The van der Waals surface area contributed by atoms with Gasteiger partial charge in [-0.25, -0.2) is 13.1 Å².